The number of carbonyl (C=O) groups is 2. The van der Waals surface area contributed by atoms with E-state index >= 15 is 0 Å². The van der Waals surface area contributed by atoms with Gasteiger partial charge < -0.3 is 15.0 Å². The molecule has 2 aromatic carbocycles. The predicted molar refractivity (Wildman–Crippen MR) is 96.4 cm³/mol. The fourth-order valence-electron chi connectivity index (χ4n) is 2.81. The molecule has 1 unspecified atom stereocenters. The Morgan fingerprint density at radius 2 is 1.84 bits per heavy atom. The van der Waals surface area contributed by atoms with Crippen molar-refractivity contribution in [1.29, 1.82) is 0 Å². The molecule has 5 nitrogen and oxygen atoms in total. The van der Waals surface area contributed by atoms with Crippen molar-refractivity contribution in [3.63, 3.8) is 0 Å². The van der Waals surface area contributed by atoms with E-state index in [1.807, 2.05) is 30.3 Å². The van der Waals surface area contributed by atoms with Gasteiger partial charge >= 0.3 is 12.0 Å². The summed E-state index contributed by atoms with van der Waals surface area (Å²) in [6.45, 7) is 0.743. The van der Waals surface area contributed by atoms with Gasteiger partial charge in [-0.2, -0.15) is 0 Å². The Morgan fingerprint density at radius 3 is 2.56 bits per heavy atom. The molecular weight excluding hydrogens is 340 g/mol. The Morgan fingerprint density at radius 1 is 1.12 bits per heavy atom. The van der Waals surface area contributed by atoms with Crippen molar-refractivity contribution in [2.45, 2.75) is 25.5 Å². The topological polar surface area (TPSA) is 58.6 Å². The average molecular weight is 359 g/mol. The third kappa shape index (κ3) is 4.51. The molecule has 2 amide bonds. The molecular formula is C19H19ClN2O3. The van der Waals surface area contributed by atoms with Crippen LogP contribution in [0.2, 0.25) is 5.02 Å². The summed E-state index contributed by atoms with van der Waals surface area (Å²) in [4.78, 5) is 26.4. The molecule has 1 heterocycles. The number of anilines is 1. The first-order chi connectivity index (χ1) is 12.1. The summed E-state index contributed by atoms with van der Waals surface area (Å²) in [5.74, 6) is -0.368. The van der Waals surface area contributed by atoms with E-state index in [0.717, 1.165) is 12.0 Å². The van der Waals surface area contributed by atoms with Gasteiger partial charge in [-0.1, -0.05) is 41.9 Å². The number of hydrogen-bond donors (Lipinski definition) is 1. The van der Waals surface area contributed by atoms with Crippen LogP contribution in [0.15, 0.2) is 54.6 Å². The van der Waals surface area contributed by atoms with Crippen molar-refractivity contribution in [3.05, 3.63) is 65.2 Å². The lowest BCUT2D eigenvalue weighted by Gasteiger charge is -2.23. The second-order valence-corrected chi connectivity index (χ2v) is 6.32. The van der Waals surface area contributed by atoms with Gasteiger partial charge in [0.05, 0.1) is 0 Å². The van der Waals surface area contributed by atoms with Gasteiger partial charge in [-0.25, -0.2) is 9.59 Å². The van der Waals surface area contributed by atoms with E-state index in [9.17, 15) is 9.59 Å². The molecule has 0 radical (unpaired) electrons. The van der Waals surface area contributed by atoms with Crippen LogP contribution in [0.4, 0.5) is 10.5 Å². The molecule has 0 saturated carbocycles. The van der Waals surface area contributed by atoms with Crippen molar-refractivity contribution >= 4 is 29.3 Å². The third-order valence-corrected chi connectivity index (χ3v) is 4.36. The molecule has 130 valence electrons. The molecule has 0 aliphatic carbocycles. The second kappa shape index (κ2) is 8.03. The normalized spacial score (nSPS) is 16.5. The van der Waals surface area contributed by atoms with Gasteiger partial charge in [-0.3, -0.25) is 0 Å². The Balaban J connectivity index is 1.58. The van der Waals surface area contributed by atoms with Crippen molar-refractivity contribution in [2.24, 2.45) is 0 Å². The summed E-state index contributed by atoms with van der Waals surface area (Å²) in [7, 11) is 0. The monoisotopic (exact) mass is 358 g/mol. The van der Waals surface area contributed by atoms with Crippen LogP contribution in [-0.2, 0) is 16.1 Å². The summed E-state index contributed by atoms with van der Waals surface area (Å²) >= 11 is 5.84. The number of ether oxygens (including phenoxy) is 1. The molecule has 1 aliphatic rings. The standard InChI is InChI=1S/C19H19ClN2O3/c20-15-8-10-16(11-9-15)21-19(24)22-12-4-7-17(22)18(23)25-13-14-5-2-1-3-6-14/h1-3,5-6,8-11,17H,4,7,12-13H2,(H,21,24). The van der Waals surface area contributed by atoms with E-state index < -0.39 is 6.04 Å². The van der Waals surface area contributed by atoms with Gasteiger partial charge in [0.25, 0.3) is 0 Å². The Labute approximate surface area is 151 Å². The van der Waals surface area contributed by atoms with E-state index in [1.165, 1.54) is 4.90 Å². The van der Waals surface area contributed by atoms with Crippen LogP contribution in [0.3, 0.4) is 0 Å². The van der Waals surface area contributed by atoms with Crippen LogP contribution in [-0.4, -0.2) is 29.5 Å². The van der Waals surface area contributed by atoms with E-state index in [2.05, 4.69) is 5.32 Å². The fraction of sp³-hybridized carbons (Fsp3) is 0.263. The molecule has 0 spiro atoms. The lowest BCUT2D eigenvalue weighted by atomic mass is 10.2. The number of esters is 1. The maximum atomic E-state index is 12.5. The molecule has 1 atom stereocenters. The van der Waals surface area contributed by atoms with Crippen molar-refractivity contribution in [3.8, 4) is 0 Å². The summed E-state index contributed by atoms with van der Waals surface area (Å²) in [6.07, 6.45) is 1.39. The molecule has 0 bridgehead atoms. The summed E-state index contributed by atoms with van der Waals surface area (Å²) in [6, 6.07) is 15.5. The molecule has 1 fully saturated rings. The molecule has 3 rings (SSSR count). The maximum absolute atomic E-state index is 12.5. The fourth-order valence-corrected chi connectivity index (χ4v) is 2.93. The number of rotatable bonds is 4. The highest BCUT2D eigenvalue weighted by molar-refractivity contribution is 6.30. The molecule has 1 saturated heterocycles. The van der Waals surface area contributed by atoms with Crippen LogP contribution in [0, 0.1) is 0 Å². The minimum absolute atomic E-state index is 0.211. The lowest BCUT2D eigenvalue weighted by molar-refractivity contribution is -0.149. The number of nitrogens with one attached hydrogen (secondary N) is 1. The molecule has 6 heteroatoms. The van der Waals surface area contributed by atoms with E-state index in [1.54, 1.807) is 24.3 Å². The number of benzene rings is 2. The largest absolute Gasteiger partial charge is 0.459 e. The minimum Gasteiger partial charge on any atom is -0.459 e. The number of hydrogen-bond acceptors (Lipinski definition) is 3. The first kappa shape index (κ1) is 17.3. The summed E-state index contributed by atoms with van der Waals surface area (Å²) in [5, 5.41) is 3.39. The average Bonchev–Trinajstić information content (AvgIpc) is 3.12. The molecule has 1 aliphatic heterocycles. The van der Waals surface area contributed by atoms with Crippen LogP contribution in [0.1, 0.15) is 18.4 Å². The highest BCUT2D eigenvalue weighted by Gasteiger charge is 2.35. The van der Waals surface area contributed by atoms with Gasteiger partial charge in [0, 0.05) is 17.3 Å². The third-order valence-electron chi connectivity index (χ3n) is 4.11. The van der Waals surface area contributed by atoms with Crippen LogP contribution in [0.5, 0.6) is 0 Å². The highest BCUT2D eigenvalue weighted by Crippen LogP contribution is 2.21. The van der Waals surface area contributed by atoms with E-state index in [-0.39, 0.29) is 18.6 Å². The molecule has 1 N–H and O–H groups in total. The van der Waals surface area contributed by atoms with Gasteiger partial charge in [0.15, 0.2) is 0 Å². The smallest absolute Gasteiger partial charge is 0.329 e. The van der Waals surface area contributed by atoms with Crippen LogP contribution >= 0.6 is 11.6 Å². The molecule has 2 aromatic rings. The Kier molecular flexibility index (Phi) is 5.56. The number of amides is 2. The van der Waals surface area contributed by atoms with E-state index in [4.69, 9.17) is 16.3 Å². The quantitative estimate of drug-likeness (QED) is 0.838. The number of urea groups is 1. The Hall–Kier alpha value is -2.53. The number of carbonyl (C=O) groups excluding carboxylic acids is 2. The summed E-state index contributed by atoms with van der Waals surface area (Å²) in [5.41, 5.74) is 1.56. The first-order valence-electron chi connectivity index (χ1n) is 8.17. The number of halogens is 1. The lowest BCUT2D eigenvalue weighted by Crippen LogP contribution is -2.43. The zero-order chi connectivity index (χ0) is 17.6. The van der Waals surface area contributed by atoms with E-state index in [0.29, 0.717) is 23.7 Å². The predicted octanol–water partition coefficient (Wildman–Crippen LogP) is 4.08. The maximum Gasteiger partial charge on any atom is 0.329 e. The van der Waals surface area contributed by atoms with Crippen LogP contribution < -0.4 is 5.32 Å². The zero-order valence-corrected chi connectivity index (χ0v) is 14.4. The second-order valence-electron chi connectivity index (χ2n) is 5.88. The SMILES string of the molecule is O=C(OCc1ccccc1)C1CCCN1C(=O)Nc1ccc(Cl)cc1. The highest BCUT2D eigenvalue weighted by atomic mass is 35.5. The van der Waals surface area contributed by atoms with Gasteiger partial charge in [-0.05, 0) is 42.7 Å². The van der Waals surface area contributed by atoms with Gasteiger partial charge in [-0.15, -0.1) is 0 Å². The van der Waals surface area contributed by atoms with Gasteiger partial charge in [0.1, 0.15) is 12.6 Å². The summed E-state index contributed by atoms with van der Waals surface area (Å²) < 4.78 is 5.38. The number of nitrogens with zero attached hydrogens (tertiary/aromatic N) is 1. The Bertz CT molecular complexity index is 734. The first-order valence-corrected chi connectivity index (χ1v) is 8.55. The zero-order valence-electron chi connectivity index (χ0n) is 13.7. The van der Waals surface area contributed by atoms with Crippen molar-refractivity contribution < 1.29 is 14.3 Å². The molecule has 0 aromatic heterocycles. The van der Waals surface area contributed by atoms with Crippen molar-refractivity contribution in [1.82, 2.24) is 4.90 Å². The van der Waals surface area contributed by atoms with Crippen LogP contribution in [0.25, 0.3) is 0 Å². The van der Waals surface area contributed by atoms with Gasteiger partial charge in [0.2, 0.25) is 0 Å². The molecule has 25 heavy (non-hydrogen) atoms. The minimum atomic E-state index is -0.545. The van der Waals surface area contributed by atoms with Crippen molar-refractivity contribution in [2.75, 3.05) is 11.9 Å². The number of likely N-dealkylation sites (tertiary alicyclic amines) is 1.